The predicted octanol–water partition coefficient (Wildman–Crippen LogP) is 8.02. The van der Waals surface area contributed by atoms with Crippen LogP contribution in [0, 0.1) is 13.8 Å². The summed E-state index contributed by atoms with van der Waals surface area (Å²) in [5.41, 5.74) is 5.65. The van der Waals surface area contributed by atoms with Crippen molar-refractivity contribution in [2.75, 3.05) is 5.32 Å². The van der Waals surface area contributed by atoms with Crippen molar-refractivity contribution in [3.8, 4) is 21.9 Å². The van der Waals surface area contributed by atoms with Crippen molar-refractivity contribution in [2.45, 2.75) is 13.8 Å². The minimum Gasteiger partial charge on any atom is -0.457 e. The number of rotatable bonds is 5. The fourth-order valence-corrected chi connectivity index (χ4v) is 5.24. The molecule has 0 bridgehead atoms. The van der Waals surface area contributed by atoms with Crippen molar-refractivity contribution in [1.29, 1.82) is 0 Å². The summed E-state index contributed by atoms with van der Waals surface area (Å²) >= 11 is 13.2. The first-order valence-electron chi connectivity index (χ1n) is 11.5. The largest absolute Gasteiger partial charge is 0.457 e. The Morgan fingerprint density at radius 1 is 1.05 bits per heavy atom. The zero-order valence-electron chi connectivity index (χ0n) is 20.0. The molecule has 3 aromatic carbocycles. The Hall–Kier alpha value is -3.78. The Balaban J connectivity index is 1.23. The van der Waals surface area contributed by atoms with Crippen LogP contribution in [-0.2, 0) is 4.79 Å². The number of hydrogen-bond acceptors (Lipinski definition) is 5. The van der Waals surface area contributed by atoms with Crippen LogP contribution in [0.25, 0.3) is 38.2 Å². The minimum atomic E-state index is -0.367. The normalized spacial score (nSPS) is 11.2. The molecular weight excluding hydrogens is 522 g/mol. The Kier molecular flexibility index (Phi) is 7.19. The third-order valence-corrected chi connectivity index (χ3v) is 7.51. The lowest BCUT2D eigenvalue weighted by Crippen LogP contribution is -2.33. The van der Waals surface area contributed by atoms with Crippen LogP contribution in [0.3, 0.4) is 0 Å². The number of fused-ring (bicyclic) bond motifs is 1. The van der Waals surface area contributed by atoms with Gasteiger partial charge in [0.25, 0.3) is 0 Å². The van der Waals surface area contributed by atoms with E-state index in [1.54, 1.807) is 23.5 Å². The summed E-state index contributed by atoms with van der Waals surface area (Å²) in [6.45, 7) is 3.95. The van der Waals surface area contributed by atoms with Gasteiger partial charge in [-0.1, -0.05) is 48.0 Å². The van der Waals surface area contributed by atoms with Gasteiger partial charge in [0.1, 0.15) is 16.5 Å². The number of halogens is 1. The summed E-state index contributed by atoms with van der Waals surface area (Å²) < 4.78 is 6.96. The summed E-state index contributed by atoms with van der Waals surface area (Å²) in [7, 11) is 0. The van der Waals surface area contributed by atoms with Gasteiger partial charge in [-0.05, 0) is 79.7 Å². The monoisotopic (exact) mass is 543 g/mol. The highest BCUT2D eigenvalue weighted by Crippen LogP contribution is 2.34. The number of nitrogens with zero attached hydrogens (tertiary/aromatic N) is 1. The number of carbonyl (C=O) groups is 1. The maximum absolute atomic E-state index is 12.5. The smallest absolute Gasteiger partial charge is 0.250 e. The van der Waals surface area contributed by atoms with Crippen LogP contribution < -0.4 is 10.6 Å². The third-order valence-electron chi connectivity index (χ3n) is 5.83. The van der Waals surface area contributed by atoms with E-state index in [2.05, 4.69) is 16.7 Å². The van der Waals surface area contributed by atoms with Gasteiger partial charge in [0.05, 0.1) is 10.2 Å². The number of thiocarbonyl (C=S) groups is 1. The molecule has 8 heteroatoms. The molecule has 0 aliphatic heterocycles. The summed E-state index contributed by atoms with van der Waals surface area (Å²) in [5, 5.41) is 7.62. The molecule has 0 aliphatic carbocycles. The molecule has 0 unspecified atom stereocenters. The highest BCUT2D eigenvalue weighted by Gasteiger charge is 2.12. The van der Waals surface area contributed by atoms with Crippen molar-refractivity contribution in [1.82, 2.24) is 10.3 Å². The van der Waals surface area contributed by atoms with Gasteiger partial charge in [0, 0.05) is 27.9 Å². The minimum absolute atomic E-state index is 0.202. The summed E-state index contributed by atoms with van der Waals surface area (Å²) in [6.07, 6.45) is 2.97. The summed E-state index contributed by atoms with van der Waals surface area (Å²) in [6, 6.07) is 23.3. The lowest BCUT2D eigenvalue weighted by molar-refractivity contribution is -0.115. The average Bonchev–Trinajstić information content (AvgIpc) is 3.53. The molecular formula is C29H22ClN3O2S2. The number of para-hydroxylation sites is 1. The molecule has 0 atom stereocenters. The highest BCUT2D eigenvalue weighted by molar-refractivity contribution is 7.80. The molecule has 5 nitrogen and oxygen atoms in total. The van der Waals surface area contributed by atoms with E-state index >= 15 is 0 Å². The second kappa shape index (κ2) is 10.7. The Bertz CT molecular complexity index is 1640. The Morgan fingerprint density at radius 3 is 2.70 bits per heavy atom. The van der Waals surface area contributed by atoms with Gasteiger partial charge in [-0.2, -0.15) is 0 Å². The van der Waals surface area contributed by atoms with Gasteiger partial charge in [-0.25, -0.2) is 4.98 Å². The van der Waals surface area contributed by atoms with E-state index in [9.17, 15) is 4.79 Å². The SMILES string of the molecule is Cc1ccc(-c2ccc(/C=C/C(=O)NC(=S)Nc3cccc(-c4nc5ccccc5s4)c3C)o2)cc1Cl. The lowest BCUT2D eigenvalue weighted by atomic mass is 10.1. The van der Waals surface area contributed by atoms with E-state index in [-0.39, 0.29) is 11.0 Å². The lowest BCUT2D eigenvalue weighted by Gasteiger charge is -2.13. The van der Waals surface area contributed by atoms with Crippen molar-refractivity contribution in [2.24, 2.45) is 0 Å². The first-order valence-corrected chi connectivity index (χ1v) is 13.1. The fraction of sp³-hybridized carbons (Fsp3) is 0.0690. The van der Waals surface area contributed by atoms with Crippen LogP contribution in [-0.4, -0.2) is 16.0 Å². The number of anilines is 1. The van der Waals surface area contributed by atoms with Crippen LogP contribution in [0.15, 0.2) is 83.3 Å². The second-order valence-electron chi connectivity index (χ2n) is 8.41. The van der Waals surface area contributed by atoms with Crippen molar-refractivity contribution < 1.29 is 9.21 Å². The third kappa shape index (κ3) is 5.64. The van der Waals surface area contributed by atoms with Crippen LogP contribution >= 0.6 is 35.2 Å². The number of aromatic nitrogens is 1. The first-order chi connectivity index (χ1) is 17.9. The Labute approximate surface area is 228 Å². The first kappa shape index (κ1) is 24.9. The zero-order valence-corrected chi connectivity index (χ0v) is 22.4. The number of furan rings is 1. The average molecular weight is 544 g/mol. The molecule has 5 aromatic rings. The van der Waals surface area contributed by atoms with E-state index < -0.39 is 0 Å². The Morgan fingerprint density at radius 2 is 1.89 bits per heavy atom. The predicted molar refractivity (Wildman–Crippen MR) is 157 cm³/mol. The van der Waals surface area contributed by atoms with Crippen molar-refractivity contribution >= 4 is 68.2 Å². The van der Waals surface area contributed by atoms with Gasteiger partial charge in [0.2, 0.25) is 5.91 Å². The summed E-state index contributed by atoms with van der Waals surface area (Å²) in [5.74, 6) is 0.844. The maximum Gasteiger partial charge on any atom is 0.250 e. The molecule has 37 heavy (non-hydrogen) atoms. The van der Waals surface area contributed by atoms with Crippen LogP contribution in [0.4, 0.5) is 5.69 Å². The maximum atomic E-state index is 12.5. The fourth-order valence-electron chi connectivity index (χ4n) is 3.80. The van der Waals surface area contributed by atoms with Gasteiger partial charge in [-0.15, -0.1) is 11.3 Å². The van der Waals surface area contributed by atoms with Crippen molar-refractivity contribution in [3.63, 3.8) is 0 Å². The molecule has 0 saturated heterocycles. The molecule has 2 heterocycles. The van der Waals surface area contributed by atoms with E-state index in [0.29, 0.717) is 16.5 Å². The van der Waals surface area contributed by atoms with Gasteiger partial charge in [-0.3, -0.25) is 10.1 Å². The molecule has 0 saturated carbocycles. The van der Waals surface area contributed by atoms with Crippen molar-refractivity contribution in [3.05, 3.63) is 101 Å². The molecule has 5 rings (SSSR count). The number of nitrogens with one attached hydrogen (secondary N) is 2. The summed E-state index contributed by atoms with van der Waals surface area (Å²) in [4.78, 5) is 17.2. The number of thiazole rings is 1. The standard InChI is InChI=1S/C29H22ClN3O2S2/c1-17-10-11-19(16-22(17)30)25-14-12-20(35-25)13-15-27(34)33-29(36)32-23-8-5-6-21(18(23)2)28-31-24-7-3-4-9-26(24)37-28/h3-16H,1-2H3,(H2,32,33,34,36)/b15-13+. The quantitative estimate of drug-likeness (QED) is 0.173. The zero-order chi connectivity index (χ0) is 25.9. The topological polar surface area (TPSA) is 67.2 Å². The van der Waals surface area contributed by atoms with Crippen LogP contribution in [0.5, 0.6) is 0 Å². The van der Waals surface area contributed by atoms with E-state index in [4.69, 9.17) is 33.2 Å². The van der Waals surface area contributed by atoms with Gasteiger partial charge < -0.3 is 9.73 Å². The molecule has 0 spiro atoms. The van der Waals surface area contributed by atoms with Gasteiger partial charge >= 0.3 is 0 Å². The van der Waals surface area contributed by atoms with Gasteiger partial charge in [0.15, 0.2) is 5.11 Å². The van der Waals surface area contributed by atoms with E-state index in [1.807, 2.05) is 74.5 Å². The number of aryl methyl sites for hydroxylation is 1. The molecule has 2 N–H and O–H groups in total. The number of benzene rings is 3. The van der Waals surface area contributed by atoms with Crippen LogP contribution in [0.1, 0.15) is 16.9 Å². The number of amides is 1. The van der Waals surface area contributed by atoms with E-state index in [0.717, 1.165) is 43.2 Å². The molecule has 2 aromatic heterocycles. The molecule has 0 aliphatic rings. The molecule has 0 fully saturated rings. The van der Waals surface area contributed by atoms with Crippen LogP contribution in [0.2, 0.25) is 5.02 Å². The van der Waals surface area contributed by atoms with E-state index in [1.165, 1.54) is 6.08 Å². The second-order valence-corrected chi connectivity index (χ2v) is 10.3. The number of hydrogen-bond donors (Lipinski definition) is 2. The molecule has 184 valence electrons. The molecule has 0 radical (unpaired) electrons. The highest BCUT2D eigenvalue weighted by atomic mass is 35.5. The number of carbonyl (C=O) groups excluding carboxylic acids is 1. The molecule has 1 amide bonds.